The van der Waals surface area contributed by atoms with Crippen molar-refractivity contribution in [3.05, 3.63) is 39.2 Å². The standard InChI is InChI=1S/C12H13BrN2O2S2/c1-7-5-9(14)6-8(2)11(7)15-19(16,17)12-10(13)3-4-18-12/h3-6,15H,14H2,1-2H3. The lowest BCUT2D eigenvalue weighted by atomic mass is 10.1. The topological polar surface area (TPSA) is 72.2 Å². The average molecular weight is 361 g/mol. The molecule has 7 heteroatoms. The van der Waals surface area contributed by atoms with E-state index in [-0.39, 0.29) is 4.21 Å². The summed E-state index contributed by atoms with van der Waals surface area (Å²) in [6, 6.07) is 5.20. The summed E-state index contributed by atoms with van der Waals surface area (Å²) in [7, 11) is -3.58. The molecule has 0 aliphatic heterocycles. The molecule has 0 saturated heterocycles. The summed E-state index contributed by atoms with van der Waals surface area (Å²) in [5.41, 5.74) is 8.53. The lowest BCUT2D eigenvalue weighted by molar-refractivity contribution is 0.602. The maximum Gasteiger partial charge on any atom is 0.272 e. The first kappa shape index (κ1) is 14.4. The van der Waals surface area contributed by atoms with Crippen molar-refractivity contribution in [1.29, 1.82) is 0 Å². The van der Waals surface area contributed by atoms with Crippen LogP contribution in [-0.4, -0.2) is 8.42 Å². The molecule has 1 aromatic carbocycles. The van der Waals surface area contributed by atoms with E-state index in [0.29, 0.717) is 15.8 Å². The predicted molar refractivity (Wildman–Crippen MR) is 83.2 cm³/mol. The second-order valence-corrected chi connectivity index (χ2v) is 7.84. The number of aryl methyl sites for hydroxylation is 2. The van der Waals surface area contributed by atoms with E-state index in [0.717, 1.165) is 11.1 Å². The highest BCUT2D eigenvalue weighted by Gasteiger charge is 2.20. The minimum Gasteiger partial charge on any atom is -0.399 e. The van der Waals surface area contributed by atoms with Gasteiger partial charge in [-0.15, -0.1) is 11.3 Å². The van der Waals surface area contributed by atoms with Gasteiger partial charge in [-0.2, -0.15) is 0 Å². The number of thiophene rings is 1. The van der Waals surface area contributed by atoms with E-state index < -0.39 is 10.0 Å². The van der Waals surface area contributed by atoms with Crippen LogP contribution < -0.4 is 10.5 Å². The Morgan fingerprint density at radius 1 is 1.26 bits per heavy atom. The molecule has 0 spiro atoms. The van der Waals surface area contributed by atoms with Gasteiger partial charge in [-0.1, -0.05) is 0 Å². The maximum absolute atomic E-state index is 12.3. The molecule has 0 atom stereocenters. The fourth-order valence-corrected chi connectivity index (χ4v) is 5.35. The van der Waals surface area contributed by atoms with Gasteiger partial charge in [0.05, 0.1) is 5.69 Å². The summed E-state index contributed by atoms with van der Waals surface area (Å²) in [6.07, 6.45) is 0. The minimum absolute atomic E-state index is 0.267. The number of nitrogens with two attached hydrogens (primary N) is 1. The van der Waals surface area contributed by atoms with Crippen molar-refractivity contribution in [2.24, 2.45) is 0 Å². The van der Waals surface area contributed by atoms with Crippen LogP contribution in [0.5, 0.6) is 0 Å². The highest BCUT2D eigenvalue weighted by atomic mass is 79.9. The molecule has 0 unspecified atom stereocenters. The van der Waals surface area contributed by atoms with Crippen LogP contribution in [-0.2, 0) is 10.0 Å². The van der Waals surface area contributed by atoms with Crippen LogP contribution in [0.25, 0.3) is 0 Å². The van der Waals surface area contributed by atoms with Gasteiger partial charge in [-0.25, -0.2) is 8.42 Å². The Bertz CT molecular complexity index is 700. The highest BCUT2D eigenvalue weighted by Crippen LogP contribution is 2.31. The molecule has 0 bridgehead atoms. The number of nitrogens with one attached hydrogen (secondary N) is 1. The smallest absolute Gasteiger partial charge is 0.272 e. The monoisotopic (exact) mass is 360 g/mol. The molecular formula is C12H13BrN2O2S2. The number of rotatable bonds is 3. The van der Waals surface area contributed by atoms with Crippen LogP contribution in [0.3, 0.4) is 0 Å². The highest BCUT2D eigenvalue weighted by molar-refractivity contribution is 9.10. The van der Waals surface area contributed by atoms with Crippen molar-refractivity contribution in [1.82, 2.24) is 0 Å². The Balaban J connectivity index is 2.45. The second kappa shape index (κ2) is 5.15. The number of halogens is 1. The van der Waals surface area contributed by atoms with E-state index >= 15 is 0 Å². The van der Waals surface area contributed by atoms with Crippen molar-refractivity contribution < 1.29 is 8.42 Å². The first-order valence-electron chi connectivity index (χ1n) is 5.44. The molecule has 102 valence electrons. The van der Waals surface area contributed by atoms with Crippen LogP contribution >= 0.6 is 27.3 Å². The van der Waals surface area contributed by atoms with Crippen molar-refractivity contribution in [2.45, 2.75) is 18.1 Å². The molecule has 1 aromatic heterocycles. The Labute approximate surface area is 124 Å². The van der Waals surface area contributed by atoms with Gasteiger partial charge in [0.1, 0.15) is 0 Å². The number of hydrogen-bond donors (Lipinski definition) is 2. The predicted octanol–water partition coefficient (Wildman–Crippen LogP) is 3.51. The molecule has 0 aliphatic carbocycles. The summed E-state index contributed by atoms with van der Waals surface area (Å²) in [5, 5.41) is 1.72. The third-order valence-electron chi connectivity index (χ3n) is 2.62. The van der Waals surface area contributed by atoms with Crippen LogP contribution in [0.4, 0.5) is 11.4 Å². The Morgan fingerprint density at radius 3 is 2.32 bits per heavy atom. The summed E-state index contributed by atoms with van der Waals surface area (Å²) in [5.74, 6) is 0. The van der Waals surface area contributed by atoms with E-state index in [1.165, 1.54) is 11.3 Å². The fraction of sp³-hybridized carbons (Fsp3) is 0.167. The Kier molecular flexibility index (Phi) is 3.89. The molecule has 2 rings (SSSR count). The third-order valence-corrected chi connectivity index (χ3v) is 6.64. The van der Waals surface area contributed by atoms with Gasteiger partial charge in [-0.3, -0.25) is 4.72 Å². The van der Waals surface area contributed by atoms with E-state index in [4.69, 9.17) is 5.73 Å². The average Bonchev–Trinajstić information content (AvgIpc) is 2.70. The maximum atomic E-state index is 12.3. The number of sulfonamides is 1. The molecular weight excluding hydrogens is 348 g/mol. The van der Waals surface area contributed by atoms with Crippen molar-refractivity contribution in [2.75, 3.05) is 10.5 Å². The molecule has 3 N–H and O–H groups in total. The van der Waals surface area contributed by atoms with Crippen molar-refractivity contribution in [3.63, 3.8) is 0 Å². The molecule has 19 heavy (non-hydrogen) atoms. The van der Waals surface area contributed by atoms with Crippen LogP contribution in [0.1, 0.15) is 11.1 Å². The SMILES string of the molecule is Cc1cc(N)cc(C)c1NS(=O)(=O)c1sccc1Br. The van der Waals surface area contributed by atoms with Gasteiger partial charge < -0.3 is 5.73 Å². The summed E-state index contributed by atoms with van der Waals surface area (Å²) >= 11 is 4.40. The lowest BCUT2D eigenvalue weighted by Gasteiger charge is -2.13. The first-order valence-corrected chi connectivity index (χ1v) is 8.59. The van der Waals surface area contributed by atoms with Gasteiger partial charge in [-0.05, 0) is 64.5 Å². The number of benzene rings is 1. The Hall–Kier alpha value is -1.05. The van der Waals surface area contributed by atoms with E-state index in [9.17, 15) is 8.42 Å². The zero-order chi connectivity index (χ0) is 14.2. The van der Waals surface area contributed by atoms with Crippen molar-refractivity contribution in [3.8, 4) is 0 Å². The van der Waals surface area contributed by atoms with Crippen LogP contribution in [0.2, 0.25) is 0 Å². The second-order valence-electron chi connectivity index (χ2n) is 4.19. The zero-order valence-electron chi connectivity index (χ0n) is 10.4. The first-order chi connectivity index (χ1) is 8.81. The van der Waals surface area contributed by atoms with Crippen LogP contribution in [0.15, 0.2) is 32.3 Å². The number of anilines is 2. The van der Waals surface area contributed by atoms with E-state index in [2.05, 4.69) is 20.7 Å². The van der Waals surface area contributed by atoms with Crippen molar-refractivity contribution >= 4 is 48.7 Å². The zero-order valence-corrected chi connectivity index (χ0v) is 13.6. The molecule has 0 saturated carbocycles. The summed E-state index contributed by atoms with van der Waals surface area (Å²) in [4.78, 5) is 0. The summed E-state index contributed by atoms with van der Waals surface area (Å²) < 4.78 is 28.1. The van der Waals surface area contributed by atoms with Gasteiger partial charge in [0.25, 0.3) is 10.0 Å². The molecule has 0 aliphatic rings. The Morgan fingerprint density at radius 2 is 1.84 bits per heavy atom. The third kappa shape index (κ3) is 2.93. The molecule has 2 aromatic rings. The summed E-state index contributed by atoms with van der Waals surface area (Å²) in [6.45, 7) is 3.65. The van der Waals surface area contributed by atoms with Gasteiger partial charge in [0.2, 0.25) is 0 Å². The molecule has 0 radical (unpaired) electrons. The van der Waals surface area contributed by atoms with E-state index in [1.54, 1.807) is 23.6 Å². The largest absolute Gasteiger partial charge is 0.399 e. The molecule has 1 heterocycles. The normalized spacial score (nSPS) is 11.5. The molecule has 0 fully saturated rings. The number of nitrogen functional groups attached to an aromatic ring is 1. The van der Waals surface area contributed by atoms with Gasteiger partial charge in [0.15, 0.2) is 4.21 Å². The quantitative estimate of drug-likeness (QED) is 0.822. The van der Waals surface area contributed by atoms with Crippen LogP contribution in [0, 0.1) is 13.8 Å². The minimum atomic E-state index is -3.58. The number of hydrogen-bond acceptors (Lipinski definition) is 4. The fourth-order valence-electron chi connectivity index (χ4n) is 1.81. The van der Waals surface area contributed by atoms with Gasteiger partial charge in [0, 0.05) is 10.2 Å². The van der Waals surface area contributed by atoms with E-state index in [1.807, 2.05) is 13.8 Å². The van der Waals surface area contributed by atoms with Gasteiger partial charge >= 0.3 is 0 Å². The molecule has 4 nitrogen and oxygen atoms in total. The lowest BCUT2D eigenvalue weighted by Crippen LogP contribution is -2.14. The molecule has 0 amide bonds.